The van der Waals surface area contributed by atoms with Gasteiger partial charge in [-0.2, -0.15) is 5.10 Å². The molecule has 0 radical (unpaired) electrons. The number of nitrogens with one attached hydrogen (secondary N) is 1. The van der Waals surface area contributed by atoms with E-state index in [2.05, 4.69) is 24.4 Å². The maximum absolute atomic E-state index is 13.6. The van der Waals surface area contributed by atoms with Gasteiger partial charge in [0.15, 0.2) is 0 Å². The lowest BCUT2D eigenvalue weighted by atomic mass is 9.78. The maximum atomic E-state index is 13.6. The highest BCUT2D eigenvalue weighted by molar-refractivity contribution is 5.74. The zero-order chi connectivity index (χ0) is 29.2. The number of para-hydroxylation sites is 1. The Hall–Kier alpha value is -4.39. The molecule has 6 nitrogen and oxygen atoms in total. The molecule has 216 valence electrons. The second-order valence-electron chi connectivity index (χ2n) is 11.4. The molecule has 3 aromatic carbocycles. The summed E-state index contributed by atoms with van der Waals surface area (Å²) in [6.45, 7) is 2.73. The lowest BCUT2D eigenvalue weighted by Crippen LogP contribution is -2.39. The molecule has 0 spiro atoms. The summed E-state index contributed by atoms with van der Waals surface area (Å²) >= 11 is 0. The van der Waals surface area contributed by atoms with Crippen LogP contribution in [0.4, 0.5) is 9.18 Å². The lowest BCUT2D eigenvalue weighted by Gasteiger charge is -2.30. The van der Waals surface area contributed by atoms with Crippen molar-refractivity contribution < 1.29 is 13.9 Å². The average Bonchev–Trinajstić information content (AvgIpc) is 3.63. The molecule has 2 aliphatic carbocycles. The topological polar surface area (TPSA) is 59.4 Å². The summed E-state index contributed by atoms with van der Waals surface area (Å²) in [7, 11) is 3.47. The van der Waals surface area contributed by atoms with E-state index in [0.717, 1.165) is 48.2 Å². The highest BCUT2D eigenvalue weighted by Gasteiger charge is 2.37. The number of rotatable bonds is 8. The van der Waals surface area contributed by atoms with Crippen molar-refractivity contribution in [3.63, 3.8) is 0 Å². The highest BCUT2D eigenvalue weighted by Crippen LogP contribution is 2.49. The van der Waals surface area contributed by atoms with Gasteiger partial charge in [0, 0.05) is 30.5 Å². The van der Waals surface area contributed by atoms with Crippen LogP contribution in [0.25, 0.3) is 5.69 Å². The van der Waals surface area contributed by atoms with E-state index < -0.39 is 0 Å². The first-order valence-corrected chi connectivity index (χ1v) is 14.7. The minimum atomic E-state index is -0.247. The summed E-state index contributed by atoms with van der Waals surface area (Å²) in [6, 6.07) is 24.4. The average molecular weight is 565 g/mol. The summed E-state index contributed by atoms with van der Waals surface area (Å²) in [6.07, 6.45) is 5.78. The molecule has 0 aliphatic heterocycles. The van der Waals surface area contributed by atoms with E-state index in [1.165, 1.54) is 34.5 Å². The Labute approximate surface area is 246 Å². The SMILES string of the molecule is COc1ccccc1CN(C)C(=O)NC(C[C@H]1CCC2=C1[C@@H](C)c1cnn(-c3ccc(F)cc3)c1C2)c1ccccc1. The number of hydrogen-bond acceptors (Lipinski definition) is 3. The Kier molecular flexibility index (Phi) is 7.83. The number of urea groups is 1. The Morgan fingerprint density at radius 1 is 1.10 bits per heavy atom. The maximum Gasteiger partial charge on any atom is 0.317 e. The van der Waals surface area contributed by atoms with Crippen LogP contribution < -0.4 is 10.1 Å². The van der Waals surface area contributed by atoms with Gasteiger partial charge >= 0.3 is 6.03 Å². The molecule has 2 amide bonds. The van der Waals surface area contributed by atoms with Crippen molar-refractivity contribution in [1.29, 1.82) is 0 Å². The van der Waals surface area contributed by atoms with Crippen molar-refractivity contribution in [3.8, 4) is 11.4 Å². The van der Waals surface area contributed by atoms with Crippen LogP contribution >= 0.6 is 0 Å². The first-order valence-electron chi connectivity index (χ1n) is 14.7. The Bertz CT molecular complexity index is 1590. The number of methoxy groups -OCH3 is 1. The molecule has 7 heteroatoms. The van der Waals surface area contributed by atoms with Crippen LogP contribution in [0, 0.1) is 11.7 Å². The predicted octanol–water partition coefficient (Wildman–Crippen LogP) is 7.36. The molecule has 0 bridgehead atoms. The van der Waals surface area contributed by atoms with Crippen LogP contribution in [0.2, 0.25) is 0 Å². The number of nitrogens with zero attached hydrogens (tertiary/aromatic N) is 3. The third-order valence-corrected chi connectivity index (χ3v) is 8.90. The van der Waals surface area contributed by atoms with Crippen LogP contribution in [0.5, 0.6) is 5.75 Å². The van der Waals surface area contributed by atoms with Crippen molar-refractivity contribution in [2.75, 3.05) is 14.2 Å². The molecular weight excluding hydrogens is 527 g/mol. The fourth-order valence-corrected chi connectivity index (χ4v) is 6.80. The Morgan fingerprint density at radius 3 is 2.60 bits per heavy atom. The molecular formula is C35H37FN4O2. The van der Waals surface area contributed by atoms with Gasteiger partial charge in [-0.1, -0.05) is 66.6 Å². The number of carbonyl (C=O) groups excluding carboxylic acids is 1. The molecule has 4 aromatic rings. The molecule has 42 heavy (non-hydrogen) atoms. The number of hydrogen-bond donors (Lipinski definition) is 1. The fraction of sp³-hybridized carbons (Fsp3) is 0.314. The molecule has 0 fully saturated rings. The van der Waals surface area contributed by atoms with Gasteiger partial charge in [-0.05, 0) is 61.1 Å². The number of allylic oxidation sites excluding steroid dienone is 2. The number of benzene rings is 3. The summed E-state index contributed by atoms with van der Waals surface area (Å²) in [5, 5.41) is 8.06. The van der Waals surface area contributed by atoms with Gasteiger partial charge in [0.05, 0.1) is 37.3 Å². The van der Waals surface area contributed by atoms with Gasteiger partial charge in [0.2, 0.25) is 0 Å². The van der Waals surface area contributed by atoms with Crippen LogP contribution in [-0.4, -0.2) is 34.9 Å². The van der Waals surface area contributed by atoms with Crippen LogP contribution in [0.3, 0.4) is 0 Å². The van der Waals surface area contributed by atoms with E-state index in [1.54, 1.807) is 24.1 Å². The van der Waals surface area contributed by atoms with Gasteiger partial charge in [0.1, 0.15) is 11.6 Å². The second-order valence-corrected chi connectivity index (χ2v) is 11.4. The normalized spacial score (nSPS) is 18.3. The zero-order valence-electron chi connectivity index (χ0n) is 24.4. The van der Waals surface area contributed by atoms with Gasteiger partial charge in [-0.15, -0.1) is 0 Å². The summed E-state index contributed by atoms with van der Waals surface area (Å²) in [5.41, 5.74) is 8.37. The van der Waals surface area contributed by atoms with Crippen molar-refractivity contribution in [1.82, 2.24) is 20.0 Å². The van der Waals surface area contributed by atoms with Crippen LogP contribution in [0.15, 0.2) is 96.2 Å². The molecule has 1 N–H and O–H groups in total. The number of fused-ring (bicyclic) bond motifs is 1. The quantitative estimate of drug-likeness (QED) is 0.228. The van der Waals surface area contributed by atoms with Gasteiger partial charge < -0.3 is 15.0 Å². The number of amides is 2. The van der Waals surface area contributed by atoms with E-state index in [9.17, 15) is 9.18 Å². The zero-order valence-corrected chi connectivity index (χ0v) is 24.4. The molecule has 0 saturated heterocycles. The Morgan fingerprint density at radius 2 is 1.83 bits per heavy atom. The molecule has 2 aliphatic rings. The molecule has 1 unspecified atom stereocenters. The largest absolute Gasteiger partial charge is 0.496 e. The standard InChI is InChI=1S/C35H37FN4O2/c1-23-30-21-37-40(29-17-15-28(36)16-18-29)32(30)20-26-14-13-25(34(23)26)19-31(24-9-5-4-6-10-24)38-35(41)39(2)22-27-11-7-8-12-33(27)42-3/h4-12,15-18,21,23,25,31H,13-14,19-20,22H2,1-3H3,(H,38,41)/t23-,25+,31?/m0/s1. The van der Waals surface area contributed by atoms with Gasteiger partial charge in [-0.3, -0.25) is 0 Å². The number of aromatic nitrogens is 2. The van der Waals surface area contributed by atoms with Crippen LogP contribution in [-0.2, 0) is 13.0 Å². The van der Waals surface area contributed by atoms with Gasteiger partial charge in [0.25, 0.3) is 0 Å². The molecule has 0 saturated carbocycles. The van der Waals surface area contributed by atoms with E-state index in [4.69, 9.17) is 9.84 Å². The first kappa shape index (κ1) is 27.8. The molecule has 1 heterocycles. The molecule has 6 rings (SSSR count). The monoisotopic (exact) mass is 564 g/mol. The van der Waals surface area contributed by atoms with Crippen molar-refractivity contribution in [2.24, 2.45) is 5.92 Å². The minimum absolute atomic E-state index is 0.110. The predicted molar refractivity (Wildman–Crippen MR) is 162 cm³/mol. The summed E-state index contributed by atoms with van der Waals surface area (Å²) in [5.74, 6) is 1.13. The third-order valence-electron chi connectivity index (χ3n) is 8.90. The van der Waals surface area contributed by atoms with E-state index in [0.29, 0.717) is 12.5 Å². The Balaban J connectivity index is 1.21. The van der Waals surface area contributed by atoms with Crippen molar-refractivity contribution in [3.05, 3.63) is 124 Å². The second kappa shape index (κ2) is 11.8. The number of halogens is 1. The van der Waals surface area contributed by atoms with Crippen molar-refractivity contribution in [2.45, 2.75) is 51.1 Å². The van der Waals surface area contributed by atoms with Crippen LogP contribution in [0.1, 0.15) is 60.5 Å². The highest BCUT2D eigenvalue weighted by atomic mass is 19.1. The first-order chi connectivity index (χ1) is 20.4. The third kappa shape index (κ3) is 5.43. The molecule has 3 atom stereocenters. The smallest absolute Gasteiger partial charge is 0.317 e. The summed E-state index contributed by atoms with van der Waals surface area (Å²) in [4.78, 5) is 15.2. The van der Waals surface area contributed by atoms with Crippen molar-refractivity contribution >= 4 is 6.03 Å². The fourth-order valence-electron chi connectivity index (χ4n) is 6.80. The van der Waals surface area contributed by atoms with E-state index in [-0.39, 0.29) is 23.8 Å². The van der Waals surface area contributed by atoms with Gasteiger partial charge in [-0.25, -0.2) is 13.9 Å². The summed E-state index contributed by atoms with van der Waals surface area (Å²) < 4.78 is 21.0. The van der Waals surface area contributed by atoms with E-state index >= 15 is 0 Å². The number of carbonyl (C=O) groups is 1. The minimum Gasteiger partial charge on any atom is -0.496 e. The van der Waals surface area contributed by atoms with E-state index in [1.807, 2.05) is 60.4 Å². The number of ether oxygens (including phenoxy) is 1. The lowest BCUT2D eigenvalue weighted by molar-refractivity contribution is 0.200. The molecule has 1 aromatic heterocycles.